The molecule has 0 saturated heterocycles. The molecular weight excluding hydrogens is 314 g/mol. The van der Waals surface area contributed by atoms with Gasteiger partial charge in [0, 0.05) is 21.6 Å². The number of benzene rings is 2. The second kappa shape index (κ2) is 4.42. The Kier molecular flexibility index (Phi) is 2.57. The number of halogens is 1. The van der Waals surface area contributed by atoms with Crippen LogP contribution < -0.4 is 0 Å². The molecule has 96 valence electrons. The van der Waals surface area contributed by atoms with Crippen LogP contribution in [0.15, 0.2) is 59.2 Å². The van der Waals surface area contributed by atoms with E-state index < -0.39 is 0 Å². The lowest BCUT2D eigenvalue weighted by molar-refractivity contribution is 1.31. The van der Waals surface area contributed by atoms with E-state index in [0.717, 1.165) is 37.8 Å². The first-order valence-electron chi connectivity index (χ1n) is 6.30. The second-order valence-corrected chi connectivity index (χ2v) is 5.58. The summed E-state index contributed by atoms with van der Waals surface area (Å²) in [6, 6.07) is 16.2. The van der Waals surface area contributed by atoms with Crippen molar-refractivity contribution < 1.29 is 0 Å². The van der Waals surface area contributed by atoms with Crippen LogP contribution >= 0.6 is 15.9 Å². The van der Waals surface area contributed by atoms with E-state index in [-0.39, 0.29) is 0 Å². The van der Waals surface area contributed by atoms with Crippen LogP contribution in [0.2, 0.25) is 0 Å². The molecule has 0 aliphatic heterocycles. The first kappa shape index (κ1) is 11.6. The van der Waals surface area contributed by atoms with Crippen molar-refractivity contribution >= 4 is 37.9 Å². The molecule has 0 atom stereocenters. The minimum Gasteiger partial charge on any atom is -0.338 e. The quantitative estimate of drug-likeness (QED) is 0.558. The van der Waals surface area contributed by atoms with Crippen LogP contribution in [0.5, 0.6) is 0 Å². The molecule has 4 aromatic rings. The van der Waals surface area contributed by atoms with Gasteiger partial charge < -0.3 is 4.98 Å². The van der Waals surface area contributed by atoms with E-state index in [2.05, 4.69) is 43.0 Å². The van der Waals surface area contributed by atoms with Crippen molar-refractivity contribution in [3.8, 4) is 11.4 Å². The minimum absolute atomic E-state index is 0.844. The third-order valence-corrected chi connectivity index (χ3v) is 3.80. The summed E-state index contributed by atoms with van der Waals surface area (Å²) >= 11 is 3.47. The number of nitrogens with one attached hydrogen (secondary N) is 1. The maximum atomic E-state index is 4.61. The maximum Gasteiger partial charge on any atom is 0.140 e. The zero-order chi connectivity index (χ0) is 13.5. The zero-order valence-electron chi connectivity index (χ0n) is 10.5. The number of aromatic nitrogens is 3. The molecule has 20 heavy (non-hydrogen) atoms. The summed E-state index contributed by atoms with van der Waals surface area (Å²) in [6.07, 6.45) is 1.86. The molecule has 4 rings (SSSR count). The standard InChI is InChI=1S/C16H10BrN3/c17-12-5-6-14-15(8-12)20-16(19-14)11-7-10-3-1-2-4-13(10)18-9-11/h1-9H,(H,19,20). The number of rotatable bonds is 1. The molecule has 0 spiro atoms. The highest BCUT2D eigenvalue weighted by molar-refractivity contribution is 9.10. The molecule has 0 radical (unpaired) electrons. The summed E-state index contributed by atoms with van der Waals surface area (Å²) < 4.78 is 1.04. The van der Waals surface area contributed by atoms with Crippen LogP contribution in [-0.4, -0.2) is 15.0 Å². The van der Waals surface area contributed by atoms with Gasteiger partial charge in [-0.15, -0.1) is 0 Å². The van der Waals surface area contributed by atoms with E-state index >= 15 is 0 Å². The van der Waals surface area contributed by atoms with E-state index in [1.807, 2.05) is 42.6 Å². The number of pyridine rings is 1. The Morgan fingerprint density at radius 2 is 1.85 bits per heavy atom. The number of aromatic amines is 1. The molecule has 2 aromatic carbocycles. The first-order chi connectivity index (χ1) is 9.79. The molecular formula is C16H10BrN3. The maximum absolute atomic E-state index is 4.61. The summed E-state index contributed by atoms with van der Waals surface area (Å²) in [5, 5.41) is 1.12. The normalized spacial score (nSPS) is 11.2. The largest absolute Gasteiger partial charge is 0.338 e. The summed E-state index contributed by atoms with van der Waals surface area (Å²) in [4.78, 5) is 12.4. The van der Waals surface area contributed by atoms with E-state index in [4.69, 9.17) is 0 Å². The zero-order valence-corrected chi connectivity index (χ0v) is 12.1. The molecule has 3 nitrogen and oxygen atoms in total. The Labute approximate surface area is 123 Å². The Bertz CT molecular complexity index is 927. The molecule has 0 aliphatic rings. The molecule has 1 N–H and O–H groups in total. The molecule has 2 aromatic heterocycles. The fraction of sp³-hybridized carbons (Fsp3) is 0. The van der Waals surface area contributed by atoms with Crippen LogP contribution in [0, 0.1) is 0 Å². The monoisotopic (exact) mass is 323 g/mol. The smallest absolute Gasteiger partial charge is 0.140 e. The number of imidazole rings is 1. The Hall–Kier alpha value is -2.20. The number of fused-ring (bicyclic) bond motifs is 2. The van der Waals surface area contributed by atoms with Crippen LogP contribution in [0.25, 0.3) is 33.3 Å². The average Bonchev–Trinajstić information content (AvgIpc) is 2.89. The Balaban J connectivity index is 1.91. The highest BCUT2D eigenvalue weighted by Gasteiger charge is 2.06. The Morgan fingerprint density at radius 1 is 0.950 bits per heavy atom. The van der Waals surface area contributed by atoms with Gasteiger partial charge in [0.15, 0.2) is 0 Å². The molecule has 0 amide bonds. The van der Waals surface area contributed by atoms with Gasteiger partial charge in [0.05, 0.1) is 16.6 Å². The van der Waals surface area contributed by atoms with Gasteiger partial charge in [-0.3, -0.25) is 4.98 Å². The number of H-pyrrole nitrogens is 1. The lowest BCUT2D eigenvalue weighted by Gasteiger charge is -1.99. The van der Waals surface area contributed by atoms with Gasteiger partial charge in [0.1, 0.15) is 5.82 Å². The fourth-order valence-electron chi connectivity index (χ4n) is 2.32. The average molecular weight is 324 g/mol. The number of hydrogen-bond donors (Lipinski definition) is 1. The van der Waals surface area contributed by atoms with Crippen molar-refractivity contribution in [2.24, 2.45) is 0 Å². The summed E-state index contributed by atoms with van der Waals surface area (Å²) in [5.41, 5.74) is 3.96. The van der Waals surface area contributed by atoms with E-state index in [1.54, 1.807) is 0 Å². The lowest BCUT2D eigenvalue weighted by Crippen LogP contribution is -1.84. The molecule has 0 fully saturated rings. The van der Waals surface area contributed by atoms with Crippen molar-refractivity contribution in [3.63, 3.8) is 0 Å². The number of nitrogens with zero attached hydrogens (tertiary/aromatic N) is 2. The van der Waals surface area contributed by atoms with Gasteiger partial charge in [-0.25, -0.2) is 4.98 Å². The molecule has 0 bridgehead atoms. The van der Waals surface area contributed by atoms with E-state index in [9.17, 15) is 0 Å². The highest BCUT2D eigenvalue weighted by atomic mass is 79.9. The van der Waals surface area contributed by atoms with Gasteiger partial charge in [-0.1, -0.05) is 34.1 Å². The van der Waals surface area contributed by atoms with Gasteiger partial charge in [0.25, 0.3) is 0 Å². The fourth-order valence-corrected chi connectivity index (χ4v) is 2.68. The van der Waals surface area contributed by atoms with Crippen LogP contribution in [-0.2, 0) is 0 Å². The third kappa shape index (κ3) is 1.89. The van der Waals surface area contributed by atoms with Crippen molar-refractivity contribution in [3.05, 3.63) is 59.2 Å². The van der Waals surface area contributed by atoms with Crippen LogP contribution in [0.4, 0.5) is 0 Å². The SMILES string of the molecule is Brc1ccc2nc(-c3cnc4ccccc4c3)[nH]c2c1. The van der Waals surface area contributed by atoms with Gasteiger partial charge in [-0.05, 0) is 30.3 Å². The first-order valence-corrected chi connectivity index (χ1v) is 7.09. The number of para-hydroxylation sites is 1. The van der Waals surface area contributed by atoms with Crippen molar-refractivity contribution in [2.45, 2.75) is 0 Å². The van der Waals surface area contributed by atoms with Crippen molar-refractivity contribution in [1.82, 2.24) is 15.0 Å². The molecule has 2 heterocycles. The predicted molar refractivity (Wildman–Crippen MR) is 84.5 cm³/mol. The van der Waals surface area contributed by atoms with Crippen LogP contribution in [0.1, 0.15) is 0 Å². The predicted octanol–water partition coefficient (Wildman–Crippen LogP) is 4.54. The topological polar surface area (TPSA) is 41.6 Å². The molecule has 0 saturated carbocycles. The van der Waals surface area contributed by atoms with E-state index in [1.165, 1.54) is 0 Å². The van der Waals surface area contributed by atoms with E-state index in [0.29, 0.717) is 0 Å². The van der Waals surface area contributed by atoms with Gasteiger partial charge in [0.2, 0.25) is 0 Å². The lowest BCUT2D eigenvalue weighted by atomic mass is 10.1. The molecule has 0 unspecified atom stereocenters. The van der Waals surface area contributed by atoms with Crippen molar-refractivity contribution in [1.29, 1.82) is 0 Å². The van der Waals surface area contributed by atoms with Gasteiger partial charge >= 0.3 is 0 Å². The van der Waals surface area contributed by atoms with Crippen molar-refractivity contribution in [2.75, 3.05) is 0 Å². The third-order valence-electron chi connectivity index (χ3n) is 3.31. The second-order valence-electron chi connectivity index (χ2n) is 4.66. The van der Waals surface area contributed by atoms with Gasteiger partial charge in [-0.2, -0.15) is 0 Å². The summed E-state index contributed by atoms with van der Waals surface area (Å²) in [5.74, 6) is 0.844. The molecule has 0 aliphatic carbocycles. The van der Waals surface area contributed by atoms with Crippen LogP contribution in [0.3, 0.4) is 0 Å². The summed E-state index contributed by atoms with van der Waals surface area (Å²) in [6.45, 7) is 0. The number of hydrogen-bond acceptors (Lipinski definition) is 2. The summed E-state index contributed by atoms with van der Waals surface area (Å²) in [7, 11) is 0. The Morgan fingerprint density at radius 3 is 2.80 bits per heavy atom. The highest BCUT2D eigenvalue weighted by Crippen LogP contribution is 2.24. The molecule has 4 heteroatoms. The minimum atomic E-state index is 0.844.